The number of carbonyl (C=O) groups is 2. The number of primary amides is 1. The Balaban J connectivity index is 1.55. The van der Waals surface area contributed by atoms with Crippen LogP contribution in [0.3, 0.4) is 0 Å². The van der Waals surface area contributed by atoms with Crippen molar-refractivity contribution in [2.45, 2.75) is 31.8 Å². The van der Waals surface area contributed by atoms with E-state index in [1.807, 2.05) is 18.2 Å². The second-order valence-electron chi connectivity index (χ2n) is 6.21. The third-order valence-corrected chi connectivity index (χ3v) is 4.65. The van der Waals surface area contributed by atoms with Gasteiger partial charge in [-0.1, -0.05) is 30.3 Å². The van der Waals surface area contributed by atoms with E-state index in [1.54, 1.807) is 4.90 Å². The lowest BCUT2D eigenvalue weighted by atomic mass is 10.0. The number of nitrogens with zero attached hydrogens (tertiary/aromatic N) is 1. The molecular formula is C17H22N2O3. The minimum Gasteiger partial charge on any atom is -0.375 e. The van der Waals surface area contributed by atoms with Crippen molar-refractivity contribution in [2.24, 2.45) is 11.1 Å². The van der Waals surface area contributed by atoms with Gasteiger partial charge in [0, 0.05) is 13.1 Å². The monoisotopic (exact) mass is 302 g/mol. The van der Waals surface area contributed by atoms with Crippen molar-refractivity contribution < 1.29 is 14.3 Å². The molecule has 2 fully saturated rings. The molecule has 1 saturated carbocycles. The van der Waals surface area contributed by atoms with E-state index in [1.165, 1.54) is 5.56 Å². The lowest BCUT2D eigenvalue weighted by Crippen LogP contribution is -2.51. The maximum atomic E-state index is 12.5. The number of carbonyl (C=O) groups excluding carboxylic acids is 2. The highest BCUT2D eigenvalue weighted by Gasteiger charge is 2.57. The van der Waals surface area contributed by atoms with Crippen LogP contribution in [0, 0.1) is 5.41 Å². The van der Waals surface area contributed by atoms with Gasteiger partial charge in [0.25, 0.3) is 0 Å². The Morgan fingerprint density at radius 1 is 1.27 bits per heavy atom. The van der Waals surface area contributed by atoms with Gasteiger partial charge in [0.1, 0.15) is 5.41 Å². The van der Waals surface area contributed by atoms with Crippen LogP contribution in [-0.4, -0.2) is 42.5 Å². The summed E-state index contributed by atoms with van der Waals surface area (Å²) in [4.78, 5) is 25.8. The van der Waals surface area contributed by atoms with E-state index in [4.69, 9.17) is 10.5 Å². The molecule has 1 aromatic rings. The van der Waals surface area contributed by atoms with Crippen molar-refractivity contribution in [3.05, 3.63) is 35.9 Å². The molecule has 2 aliphatic rings. The highest BCUT2D eigenvalue weighted by atomic mass is 16.5. The van der Waals surface area contributed by atoms with Crippen LogP contribution in [0.25, 0.3) is 0 Å². The number of hydrogen-bond donors (Lipinski definition) is 1. The number of aryl methyl sites for hydroxylation is 1. The van der Waals surface area contributed by atoms with Crippen molar-refractivity contribution in [1.29, 1.82) is 0 Å². The first kappa shape index (κ1) is 15.0. The van der Waals surface area contributed by atoms with Gasteiger partial charge in [-0.3, -0.25) is 9.59 Å². The first-order valence-electron chi connectivity index (χ1n) is 7.87. The molecular weight excluding hydrogens is 280 g/mol. The molecule has 1 aliphatic heterocycles. The van der Waals surface area contributed by atoms with E-state index in [2.05, 4.69) is 12.1 Å². The van der Waals surface area contributed by atoms with E-state index in [0.717, 1.165) is 12.8 Å². The van der Waals surface area contributed by atoms with Crippen LogP contribution < -0.4 is 5.73 Å². The third kappa shape index (κ3) is 2.99. The molecule has 5 heteroatoms. The van der Waals surface area contributed by atoms with Gasteiger partial charge in [0.05, 0.1) is 12.7 Å². The molecule has 1 saturated heterocycles. The number of amides is 2. The Morgan fingerprint density at radius 2 is 2.00 bits per heavy atom. The van der Waals surface area contributed by atoms with Crippen molar-refractivity contribution in [2.75, 3.05) is 19.7 Å². The van der Waals surface area contributed by atoms with E-state index >= 15 is 0 Å². The molecule has 0 spiro atoms. The Bertz CT molecular complexity index is 554. The van der Waals surface area contributed by atoms with E-state index in [9.17, 15) is 9.59 Å². The van der Waals surface area contributed by atoms with Gasteiger partial charge in [-0.15, -0.1) is 0 Å². The van der Waals surface area contributed by atoms with Crippen molar-refractivity contribution in [1.82, 2.24) is 4.90 Å². The quantitative estimate of drug-likeness (QED) is 0.828. The fourth-order valence-electron chi connectivity index (χ4n) is 3.04. The summed E-state index contributed by atoms with van der Waals surface area (Å²) in [6.07, 6.45) is 3.01. The summed E-state index contributed by atoms with van der Waals surface area (Å²) >= 11 is 0. The predicted octanol–water partition coefficient (Wildman–Crippen LogP) is 1.11. The summed E-state index contributed by atoms with van der Waals surface area (Å²) in [5.41, 5.74) is 5.75. The Kier molecular flexibility index (Phi) is 4.16. The van der Waals surface area contributed by atoms with Crippen LogP contribution in [0.15, 0.2) is 30.3 Å². The van der Waals surface area contributed by atoms with Crippen molar-refractivity contribution in [3.8, 4) is 0 Å². The maximum absolute atomic E-state index is 12.5. The molecule has 0 radical (unpaired) electrons. The second kappa shape index (κ2) is 6.08. The fraction of sp³-hybridized carbons (Fsp3) is 0.529. The number of hydrogen-bond acceptors (Lipinski definition) is 3. The SMILES string of the molecule is NC(=O)C1(C(=O)N2CCO[C@H](CCc3ccccc3)C2)CC1. The van der Waals surface area contributed by atoms with Gasteiger partial charge in [0.2, 0.25) is 11.8 Å². The highest BCUT2D eigenvalue weighted by molar-refractivity contribution is 6.07. The number of morpholine rings is 1. The summed E-state index contributed by atoms with van der Waals surface area (Å²) in [6, 6.07) is 10.2. The minimum absolute atomic E-state index is 0.0292. The van der Waals surface area contributed by atoms with Crippen molar-refractivity contribution in [3.63, 3.8) is 0 Å². The van der Waals surface area contributed by atoms with Crippen LogP contribution in [0.5, 0.6) is 0 Å². The van der Waals surface area contributed by atoms with E-state index in [0.29, 0.717) is 32.5 Å². The standard InChI is InChI=1S/C17H22N2O3/c18-15(20)17(8-9-17)16(21)19-10-11-22-14(12-19)7-6-13-4-2-1-3-5-13/h1-5,14H,6-12H2,(H2,18,20)/t14-/m1/s1. The highest BCUT2D eigenvalue weighted by Crippen LogP contribution is 2.47. The topological polar surface area (TPSA) is 72.6 Å². The summed E-state index contributed by atoms with van der Waals surface area (Å²) in [6.45, 7) is 1.64. The number of rotatable bonds is 5. The largest absolute Gasteiger partial charge is 0.375 e. The fourth-order valence-corrected chi connectivity index (χ4v) is 3.04. The molecule has 1 atom stereocenters. The molecule has 2 N–H and O–H groups in total. The van der Waals surface area contributed by atoms with Gasteiger partial charge in [0.15, 0.2) is 0 Å². The van der Waals surface area contributed by atoms with Gasteiger partial charge in [-0.2, -0.15) is 0 Å². The van der Waals surface area contributed by atoms with Crippen LogP contribution in [0.4, 0.5) is 0 Å². The maximum Gasteiger partial charge on any atom is 0.238 e. The molecule has 1 aliphatic carbocycles. The zero-order valence-corrected chi connectivity index (χ0v) is 12.7. The third-order valence-electron chi connectivity index (χ3n) is 4.65. The lowest BCUT2D eigenvalue weighted by Gasteiger charge is -2.34. The summed E-state index contributed by atoms with van der Waals surface area (Å²) in [7, 11) is 0. The second-order valence-corrected chi connectivity index (χ2v) is 6.21. The molecule has 1 aromatic carbocycles. The molecule has 1 heterocycles. The van der Waals surface area contributed by atoms with Gasteiger partial charge < -0.3 is 15.4 Å². The lowest BCUT2D eigenvalue weighted by molar-refractivity contribution is -0.149. The van der Waals surface area contributed by atoms with Crippen LogP contribution in [0.1, 0.15) is 24.8 Å². The number of ether oxygens (including phenoxy) is 1. The summed E-state index contributed by atoms with van der Waals surface area (Å²) in [5.74, 6) is -0.585. The molecule has 22 heavy (non-hydrogen) atoms. The minimum atomic E-state index is -0.915. The molecule has 0 bridgehead atoms. The number of nitrogens with two attached hydrogens (primary N) is 1. The van der Waals surface area contributed by atoms with Gasteiger partial charge >= 0.3 is 0 Å². The van der Waals surface area contributed by atoms with Crippen LogP contribution >= 0.6 is 0 Å². The number of benzene rings is 1. The summed E-state index contributed by atoms with van der Waals surface area (Å²) < 4.78 is 5.76. The molecule has 118 valence electrons. The Labute approximate surface area is 130 Å². The molecule has 3 rings (SSSR count). The zero-order valence-electron chi connectivity index (χ0n) is 12.7. The molecule has 5 nitrogen and oxygen atoms in total. The van der Waals surface area contributed by atoms with Crippen LogP contribution in [0.2, 0.25) is 0 Å². The zero-order chi connectivity index (χ0) is 15.6. The smallest absolute Gasteiger partial charge is 0.238 e. The van der Waals surface area contributed by atoms with E-state index in [-0.39, 0.29) is 12.0 Å². The predicted molar refractivity (Wildman–Crippen MR) is 81.9 cm³/mol. The average Bonchev–Trinajstić information content (AvgIpc) is 3.35. The first-order valence-corrected chi connectivity index (χ1v) is 7.87. The first-order chi connectivity index (χ1) is 10.6. The Hall–Kier alpha value is -1.88. The Morgan fingerprint density at radius 3 is 2.64 bits per heavy atom. The van der Waals surface area contributed by atoms with Gasteiger partial charge in [-0.25, -0.2) is 0 Å². The summed E-state index contributed by atoms with van der Waals surface area (Å²) in [5, 5.41) is 0. The average molecular weight is 302 g/mol. The normalized spacial score (nSPS) is 23.1. The van der Waals surface area contributed by atoms with Gasteiger partial charge in [-0.05, 0) is 31.2 Å². The molecule has 0 aromatic heterocycles. The van der Waals surface area contributed by atoms with E-state index < -0.39 is 11.3 Å². The van der Waals surface area contributed by atoms with Crippen LogP contribution in [-0.2, 0) is 20.7 Å². The molecule has 0 unspecified atom stereocenters. The molecule has 2 amide bonds. The van der Waals surface area contributed by atoms with Crippen molar-refractivity contribution >= 4 is 11.8 Å².